The molecule has 0 fully saturated rings. The van der Waals surface area contributed by atoms with Crippen LogP contribution in [0.4, 0.5) is 14.5 Å². The van der Waals surface area contributed by atoms with Crippen molar-refractivity contribution in [1.29, 1.82) is 0 Å². The molecular formula is C11H15F2NO. The number of amides is 1. The van der Waals surface area contributed by atoms with Crippen LogP contribution < -0.4 is 5.32 Å². The SMILES string of the molecule is CC.CCC(=O)Nc1cccc(F)c1F. The number of hydrogen-bond donors (Lipinski definition) is 1. The molecule has 0 saturated carbocycles. The van der Waals surface area contributed by atoms with Crippen LogP contribution >= 0.6 is 0 Å². The van der Waals surface area contributed by atoms with Crippen molar-refractivity contribution < 1.29 is 13.6 Å². The highest BCUT2D eigenvalue weighted by molar-refractivity contribution is 5.90. The van der Waals surface area contributed by atoms with Crippen molar-refractivity contribution in [3.8, 4) is 0 Å². The molecule has 15 heavy (non-hydrogen) atoms. The molecule has 0 aromatic heterocycles. The van der Waals surface area contributed by atoms with Gasteiger partial charge in [-0.1, -0.05) is 26.8 Å². The Hall–Kier alpha value is -1.45. The molecule has 1 amide bonds. The van der Waals surface area contributed by atoms with Gasteiger partial charge >= 0.3 is 0 Å². The van der Waals surface area contributed by atoms with E-state index in [2.05, 4.69) is 5.32 Å². The van der Waals surface area contributed by atoms with Gasteiger partial charge in [0.05, 0.1) is 5.69 Å². The Morgan fingerprint density at radius 1 is 1.33 bits per heavy atom. The van der Waals surface area contributed by atoms with Gasteiger partial charge in [0.1, 0.15) is 0 Å². The molecule has 1 aromatic rings. The lowest BCUT2D eigenvalue weighted by Gasteiger charge is -2.04. The molecule has 0 heterocycles. The van der Waals surface area contributed by atoms with Crippen LogP contribution in [-0.4, -0.2) is 5.91 Å². The summed E-state index contributed by atoms with van der Waals surface area (Å²) in [5.41, 5.74) is -0.119. The lowest BCUT2D eigenvalue weighted by atomic mass is 10.3. The van der Waals surface area contributed by atoms with Crippen LogP contribution in [0.25, 0.3) is 0 Å². The van der Waals surface area contributed by atoms with Crippen LogP contribution in [0.5, 0.6) is 0 Å². The average Bonchev–Trinajstić information content (AvgIpc) is 2.27. The number of anilines is 1. The molecule has 2 nitrogen and oxygen atoms in total. The fraction of sp³-hybridized carbons (Fsp3) is 0.364. The molecule has 0 spiro atoms. The minimum absolute atomic E-state index is 0.119. The van der Waals surface area contributed by atoms with Crippen LogP contribution in [0.1, 0.15) is 27.2 Å². The fourth-order valence-electron chi connectivity index (χ4n) is 0.839. The third-order valence-corrected chi connectivity index (χ3v) is 1.55. The smallest absolute Gasteiger partial charge is 0.224 e. The molecule has 0 aliphatic rings. The molecule has 1 aromatic carbocycles. The second-order valence-electron chi connectivity index (χ2n) is 2.50. The second kappa shape index (κ2) is 6.92. The fourth-order valence-corrected chi connectivity index (χ4v) is 0.839. The summed E-state index contributed by atoms with van der Waals surface area (Å²) in [7, 11) is 0. The van der Waals surface area contributed by atoms with E-state index < -0.39 is 11.6 Å². The van der Waals surface area contributed by atoms with Crippen LogP contribution in [0.3, 0.4) is 0 Å². The molecule has 0 radical (unpaired) electrons. The first-order valence-electron chi connectivity index (χ1n) is 4.89. The quantitative estimate of drug-likeness (QED) is 0.805. The first-order valence-corrected chi connectivity index (χ1v) is 4.89. The summed E-state index contributed by atoms with van der Waals surface area (Å²) in [6.45, 7) is 5.63. The van der Waals surface area contributed by atoms with Gasteiger partial charge in [0, 0.05) is 6.42 Å². The van der Waals surface area contributed by atoms with Crippen LogP contribution in [0.2, 0.25) is 0 Å². The van der Waals surface area contributed by atoms with Gasteiger partial charge in [-0.2, -0.15) is 0 Å². The molecule has 1 N–H and O–H groups in total. The lowest BCUT2D eigenvalue weighted by Crippen LogP contribution is -2.11. The zero-order valence-corrected chi connectivity index (χ0v) is 9.10. The maximum atomic E-state index is 12.9. The van der Waals surface area contributed by atoms with Crippen molar-refractivity contribution in [2.75, 3.05) is 5.32 Å². The molecule has 0 aliphatic carbocycles. The number of benzene rings is 1. The Bertz CT molecular complexity index is 326. The Kier molecular flexibility index (Phi) is 6.25. The lowest BCUT2D eigenvalue weighted by molar-refractivity contribution is -0.115. The highest BCUT2D eigenvalue weighted by atomic mass is 19.2. The molecule has 0 unspecified atom stereocenters. The largest absolute Gasteiger partial charge is 0.324 e. The van der Waals surface area contributed by atoms with Gasteiger partial charge < -0.3 is 5.32 Å². The van der Waals surface area contributed by atoms with Crippen LogP contribution in [0.15, 0.2) is 18.2 Å². The molecular weight excluding hydrogens is 200 g/mol. The van der Waals surface area contributed by atoms with Gasteiger partial charge in [0.15, 0.2) is 11.6 Å². The summed E-state index contributed by atoms with van der Waals surface area (Å²) >= 11 is 0. The normalized spacial score (nSPS) is 8.87. The second-order valence-corrected chi connectivity index (χ2v) is 2.50. The molecule has 0 atom stereocenters. The van der Waals surface area contributed by atoms with E-state index in [0.29, 0.717) is 0 Å². The van der Waals surface area contributed by atoms with E-state index in [1.165, 1.54) is 12.1 Å². The predicted octanol–water partition coefficient (Wildman–Crippen LogP) is 3.34. The van der Waals surface area contributed by atoms with Gasteiger partial charge in [-0.25, -0.2) is 8.78 Å². The summed E-state index contributed by atoms with van der Waals surface area (Å²) < 4.78 is 25.5. The number of rotatable bonds is 2. The zero-order valence-electron chi connectivity index (χ0n) is 9.10. The van der Waals surface area contributed by atoms with Crippen molar-refractivity contribution >= 4 is 11.6 Å². The third kappa shape index (κ3) is 4.06. The minimum atomic E-state index is -1.02. The summed E-state index contributed by atoms with van der Waals surface area (Å²) in [5, 5.41) is 2.25. The van der Waals surface area contributed by atoms with E-state index in [1.54, 1.807) is 6.92 Å². The van der Waals surface area contributed by atoms with E-state index in [0.717, 1.165) is 6.07 Å². The van der Waals surface area contributed by atoms with Crippen LogP contribution in [0, 0.1) is 11.6 Å². The van der Waals surface area contributed by atoms with Crippen molar-refractivity contribution in [1.82, 2.24) is 0 Å². The van der Waals surface area contributed by atoms with E-state index in [9.17, 15) is 13.6 Å². The van der Waals surface area contributed by atoms with E-state index in [4.69, 9.17) is 0 Å². The molecule has 1 rings (SSSR count). The highest BCUT2D eigenvalue weighted by Gasteiger charge is 2.08. The Morgan fingerprint density at radius 3 is 2.47 bits per heavy atom. The number of carbonyl (C=O) groups excluding carboxylic acids is 1. The number of hydrogen-bond acceptors (Lipinski definition) is 1. The van der Waals surface area contributed by atoms with Gasteiger partial charge in [0.2, 0.25) is 5.91 Å². The Labute approximate surface area is 88.3 Å². The Balaban J connectivity index is 0.000000921. The highest BCUT2D eigenvalue weighted by Crippen LogP contribution is 2.16. The monoisotopic (exact) mass is 215 g/mol. The maximum Gasteiger partial charge on any atom is 0.224 e. The molecule has 0 aliphatic heterocycles. The first kappa shape index (κ1) is 13.6. The van der Waals surface area contributed by atoms with Crippen molar-refractivity contribution in [3.63, 3.8) is 0 Å². The van der Waals surface area contributed by atoms with Gasteiger partial charge in [-0.15, -0.1) is 0 Å². The maximum absolute atomic E-state index is 12.9. The van der Waals surface area contributed by atoms with Crippen molar-refractivity contribution in [3.05, 3.63) is 29.8 Å². The summed E-state index contributed by atoms with van der Waals surface area (Å²) in [5.74, 6) is -2.33. The van der Waals surface area contributed by atoms with Crippen molar-refractivity contribution in [2.45, 2.75) is 27.2 Å². The molecule has 84 valence electrons. The molecule has 0 saturated heterocycles. The number of nitrogens with one attached hydrogen (secondary N) is 1. The van der Waals surface area contributed by atoms with Crippen LogP contribution in [-0.2, 0) is 4.79 Å². The van der Waals surface area contributed by atoms with Crippen molar-refractivity contribution in [2.24, 2.45) is 0 Å². The first-order chi connectivity index (χ1) is 7.15. The van der Waals surface area contributed by atoms with Gasteiger partial charge in [0.25, 0.3) is 0 Å². The topological polar surface area (TPSA) is 29.1 Å². The van der Waals surface area contributed by atoms with Gasteiger partial charge in [-0.3, -0.25) is 4.79 Å². The van der Waals surface area contributed by atoms with E-state index >= 15 is 0 Å². The summed E-state index contributed by atoms with van der Waals surface area (Å²) in [6, 6.07) is 3.65. The predicted molar refractivity (Wildman–Crippen MR) is 56.6 cm³/mol. The minimum Gasteiger partial charge on any atom is -0.324 e. The summed E-state index contributed by atoms with van der Waals surface area (Å²) in [6.07, 6.45) is 0.232. The van der Waals surface area contributed by atoms with Gasteiger partial charge in [-0.05, 0) is 12.1 Å². The average molecular weight is 215 g/mol. The number of halogens is 2. The zero-order chi connectivity index (χ0) is 11.8. The molecule has 0 bridgehead atoms. The number of carbonyl (C=O) groups is 1. The molecule has 4 heteroatoms. The standard InChI is InChI=1S/C9H9F2NO.C2H6/c1-2-8(13)12-7-5-3-4-6(10)9(7)11;1-2/h3-5H,2H2,1H3,(H,12,13);1-2H3. The van der Waals surface area contributed by atoms with E-state index in [1.807, 2.05) is 13.8 Å². The summed E-state index contributed by atoms with van der Waals surface area (Å²) in [4.78, 5) is 10.8. The Morgan fingerprint density at radius 2 is 1.93 bits per heavy atom. The third-order valence-electron chi connectivity index (χ3n) is 1.55. The van der Waals surface area contributed by atoms with E-state index in [-0.39, 0.29) is 18.0 Å².